The van der Waals surface area contributed by atoms with Crippen molar-refractivity contribution in [2.24, 2.45) is 0 Å². The summed E-state index contributed by atoms with van der Waals surface area (Å²) in [6.45, 7) is 5.30. The van der Waals surface area contributed by atoms with Gasteiger partial charge in [0.15, 0.2) is 0 Å². The van der Waals surface area contributed by atoms with Crippen LogP contribution in [-0.4, -0.2) is 22.6 Å². The minimum absolute atomic E-state index is 0.659. The van der Waals surface area contributed by atoms with Crippen LogP contribution in [0.1, 0.15) is 32.0 Å². The highest BCUT2D eigenvalue weighted by molar-refractivity contribution is 9.10. The van der Waals surface area contributed by atoms with Gasteiger partial charge in [-0.1, -0.05) is 6.92 Å². The van der Waals surface area contributed by atoms with E-state index in [1.54, 1.807) is 0 Å². The van der Waals surface area contributed by atoms with E-state index in [0.717, 1.165) is 22.8 Å². The molecule has 4 heteroatoms. The van der Waals surface area contributed by atoms with Crippen LogP contribution in [0.4, 0.5) is 5.82 Å². The van der Waals surface area contributed by atoms with Crippen LogP contribution >= 0.6 is 15.9 Å². The van der Waals surface area contributed by atoms with Crippen LogP contribution in [0, 0.1) is 6.92 Å². The summed E-state index contributed by atoms with van der Waals surface area (Å²) in [5.41, 5.74) is 0. The largest absolute Gasteiger partial charge is 0.354 e. The highest BCUT2D eigenvalue weighted by Crippen LogP contribution is 2.26. The number of aryl methyl sites for hydroxylation is 1. The van der Waals surface area contributed by atoms with Crippen LogP contribution in [0.25, 0.3) is 0 Å². The zero-order chi connectivity index (χ0) is 10.8. The molecule has 3 nitrogen and oxygen atoms in total. The van der Waals surface area contributed by atoms with E-state index in [1.165, 1.54) is 19.3 Å². The minimum Gasteiger partial charge on any atom is -0.354 e. The number of halogens is 1. The van der Waals surface area contributed by atoms with E-state index in [-0.39, 0.29) is 0 Å². The second kappa shape index (κ2) is 4.47. The van der Waals surface area contributed by atoms with Crippen LogP contribution < -0.4 is 4.90 Å². The highest BCUT2D eigenvalue weighted by atomic mass is 79.9. The van der Waals surface area contributed by atoms with Gasteiger partial charge in [-0.3, -0.25) is 0 Å². The summed E-state index contributed by atoms with van der Waals surface area (Å²) in [5, 5.41) is 0. The van der Waals surface area contributed by atoms with Crippen molar-refractivity contribution in [2.45, 2.75) is 39.2 Å². The molecule has 0 aromatic carbocycles. The van der Waals surface area contributed by atoms with Gasteiger partial charge in [-0.05, 0) is 42.1 Å². The van der Waals surface area contributed by atoms with Crippen LogP contribution in [0.15, 0.2) is 10.7 Å². The Morgan fingerprint density at radius 1 is 1.53 bits per heavy atom. The van der Waals surface area contributed by atoms with Gasteiger partial charge in [0, 0.05) is 18.7 Å². The standard InChI is InChI=1S/C11H16BrN3/c1-3-9-5-4-6-15(9)11-7-10(12)13-8(2)14-11/h7,9H,3-6H2,1-2H3. The van der Waals surface area contributed by atoms with Gasteiger partial charge in [-0.2, -0.15) is 0 Å². The molecular weight excluding hydrogens is 254 g/mol. The predicted octanol–water partition coefficient (Wildman–Crippen LogP) is 2.93. The topological polar surface area (TPSA) is 29.0 Å². The maximum Gasteiger partial charge on any atom is 0.133 e. The molecule has 1 unspecified atom stereocenters. The Kier molecular flexibility index (Phi) is 3.24. The molecule has 82 valence electrons. The van der Waals surface area contributed by atoms with Gasteiger partial charge in [0.25, 0.3) is 0 Å². The van der Waals surface area contributed by atoms with Gasteiger partial charge in [0.1, 0.15) is 16.2 Å². The Bertz CT molecular complexity index is 333. The molecule has 0 bridgehead atoms. The molecule has 0 spiro atoms. The van der Waals surface area contributed by atoms with Crippen LogP contribution in [0.3, 0.4) is 0 Å². The van der Waals surface area contributed by atoms with Crippen LogP contribution in [-0.2, 0) is 0 Å². The van der Waals surface area contributed by atoms with E-state index in [4.69, 9.17) is 0 Å². The minimum atomic E-state index is 0.659. The lowest BCUT2D eigenvalue weighted by Crippen LogP contribution is -2.29. The summed E-state index contributed by atoms with van der Waals surface area (Å²) in [6, 6.07) is 2.67. The Labute approximate surface area is 99.0 Å². The lowest BCUT2D eigenvalue weighted by molar-refractivity contribution is 0.639. The molecule has 0 N–H and O–H groups in total. The molecule has 15 heavy (non-hydrogen) atoms. The van der Waals surface area contributed by atoms with Gasteiger partial charge >= 0.3 is 0 Å². The van der Waals surface area contributed by atoms with E-state index in [1.807, 2.05) is 13.0 Å². The fraction of sp³-hybridized carbons (Fsp3) is 0.636. The molecule has 1 atom stereocenters. The number of hydrogen-bond donors (Lipinski definition) is 0. The lowest BCUT2D eigenvalue weighted by Gasteiger charge is -2.24. The number of rotatable bonds is 2. The van der Waals surface area contributed by atoms with Crippen molar-refractivity contribution in [1.29, 1.82) is 0 Å². The van der Waals surface area contributed by atoms with Crippen molar-refractivity contribution >= 4 is 21.7 Å². The zero-order valence-electron chi connectivity index (χ0n) is 9.20. The molecule has 2 rings (SSSR count). The first-order valence-corrected chi connectivity index (χ1v) is 6.28. The molecule has 0 amide bonds. The third-order valence-corrected chi connectivity index (χ3v) is 3.34. The van der Waals surface area contributed by atoms with E-state index >= 15 is 0 Å². The monoisotopic (exact) mass is 269 g/mol. The molecule has 1 aliphatic heterocycles. The molecule has 1 aromatic heterocycles. The molecule has 1 aliphatic rings. The number of anilines is 1. The van der Waals surface area contributed by atoms with Crippen molar-refractivity contribution in [3.63, 3.8) is 0 Å². The second-order valence-electron chi connectivity index (χ2n) is 3.99. The average molecular weight is 270 g/mol. The van der Waals surface area contributed by atoms with Crippen molar-refractivity contribution in [3.05, 3.63) is 16.5 Å². The number of hydrogen-bond acceptors (Lipinski definition) is 3. The maximum atomic E-state index is 4.50. The fourth-order valence-electron chi connectivity index (χ4n) is 2.23. The molecule has 1 aromatic rings. The molecule has 1 fully saturated rings. The van der Waals surface area contributed by atoms with Gasteiger partial charge in [-0.25, -0.2) is 9.97 Å². The van der Waals surface area contributed by atoms with Gasteiger partial charge in [-0.15, -0.1) is 0 Å². The first kappa shape index (κ1) is 10.9. The number of nitrogens with zero attached hydrogens (tertiary/aromatic N) is 3. The van der Waals surface area contributed by atoms with E-state index in [2.05, 4.69) is 37.7 Å². The smallest absolute Gasteiger partial charge is 0.133 e. The number of aromatic nitrogens is 2. The summed E-state index contributed by atoms with van der Waals surface area (Å²) in [5.74, 6) is 1.90. The van der Waals surface area contributed by atoms with Crippen LogP contribution in [0.2, 0.25) is 0 Å². The molecule has 1 saturated heterocycles. The van der Waals surface area contributed by atoms with Crippen molar-refractivity contribution in [3.8, 4) is 0 Å². The first-order chi connectivity index (χ1) is 7.20. The van der Waals surface area contributed by atoms with E-state index in [9.17, 15) is 0 Å². The summed E-state index contributed by atoms with van der Waals surface area (Å²) in [6.07, 6.45) is 3.76. The fourth-order valence-corrected chi connectivity index (χ4v) is 2.69. The summed E-state index contributed by atoms with van der Waals surface area (Å²) < 4.78 is 0.881. The Morgan fingerprint density at radius 2 is 2.33 bits per heavy atom. The molecular formula is C11H16BrN3. The predicted molar refractivity (Wildman–Crippen MR) is 65.1 cm³/mol. The SMILES string of the molecule is CCC1CCCN1c1cc(Br)nc(C)n1. The molecule has 2 heterocycles. The van der Waals surface area contributed by atoms with Crippen molar-refractivity contribution in [2.75, 3.05) is 11.4 Å². The van der Waals surface area contributed by atoms with Crippen molar-refractivity contribution in [1.82, 2.24) is 9.97 Å². The summed E-state index contributed by atoms with van der Waals surface area (Å²) in [4.78, 5) is 11.1. The summed E-state index contributed by atoms with van der Waals surface area (Å²) in [7, 11) is 0. The third kappa shape index (κ3) is 2.30. The Morgan fingerprint density at radius 3 is 3.00 bits per heavy atom. The van der Waals surface area contributed by atoms with Crippen LogP contribution in [0.5, 0.6) is 0 Å². The van der Waals surface area contributed by atoms with E-state index in [0.29, 0.717) is 6.04 Å². The molecule has 0 radical (unpaired) electrons. The Hall–Kier alpha value is -0.640. The van der Waals surface area contributed by atoms with Gasteiger partial charge in [0.05, 0.1) is 0 Å². The average Bonchev–Trinajstić information content (AvgIpc) is 2.63. The third-order valence-electron chi connectivity index (χ3n) is 2.94. The quantitative estimate of drug-likeness (QED) is 0.774. The Balaban J connectivity index is 2.28. The second-order valence-corrected chi connectivity index (χ2v) is 4.81. The molecule has 0 saturated carbocycles. The lowest BCUT2D eigenvalue weighted by atomic mass is 10.2. The maximum absolute atomic E-state index is 4.50. The highest BCUT2D eigenvalue weighted by Gasteiger charge is 2.24. The van der Waals surface area contributed by atoms with Gasteiger partial charge < -0.3 is 4.90 Å². The zero-order valence-corrected chi connectivity index (χ0v) is 10.8. The molecule has 0 aliphatic carbocycles. The summed E-state index contributed by atoms with van der Waals surface area (Å²) >= 11 is 3.42. The van der Waals surface area contributed by atoms with Crippen molar-refractivity contribution < 1.29 is 0 Å². The van der Waals surface area contributed by atoms with E-state index < -0.39 is 0 Å². The van der Waals surface area contributed by atoms with Gasteiger partial charge in [0.2, 0.25) is 0 Å². The normalized spacial score (nSPS) is 21.0. The first-order valence-electron chi connectivity index (χ1n) is 5.48.